The van der Waals surface area contributed by atoms with Crippen LogP contribution in [-0.4, -0.2) is 32.3 Å². The van der Waals surface area contributed by atoms with Gasteiger partial charge >= 0.3 is 0 Å². The van der Waals surface area contributed by atoms with Crippen molar-refractivity contribution in [2.75, 3.05) is 36.0 Å². The van der Waals surface area contributed by atoms with Gasteiger partial charge in [-0.2, -0.15) is 14.0 Å². The predicted molar refractivity (Wildman–Crippen MR) is 123 cm³/mol. The molecule has 32 heavy (non-hydrogen) atoms. The molecule has 6 nitrogen and oxygen atoms in total. The Morgan fingerprint density at radius 3 is 1.31 bits per heavy atom. The summed E-state index contributed by atoms with van der Waals surface area (Å²) in [5, 5.41) is 0. The molecule has 0 aromatic heterocycles. The minimum Gasteiger partial charge on any atom is -0.372 e. The average molecular weight is 461 g/mol. The molecule has 7 heteroatoms. The SMILES string of the molecule is CCN(CC)c1ccc(C=CC(C=Cc2ccc(N(CC)CC)cc2)O[Cl+3]([O-])([O-])[O-])cc1. The molecule has 0 spiro atoms. The molecular formula is C25H33ClN2O4. The summed E-state index contributed by atoms with van der Waals surface area (Å²) in [6.45, 7) is 12.1. The normalized spacial score (nSPS) is 13.1. The third kappa shape index (κ3) is 8.30. The second-order valence-corrected chi connectivity index (χ2v) is 8.11. The third-order valence-electron chi connectivity index (χ3n) is 5.21. The van der Waals surface area contributed by atoms with Crippen molar-refractivity contribution >= 4 is 23.5 Å². The molecule has 0 saturated carbocycles. The molecular weight excluding hydrogens is 428 g/mol. The highest BCUT2D eigenvalue weighted by atomic mass is 35.7. The second kappa shape index (κ2) is 12.6. The maximum Gasteiger partial charge on any atom is 0.251 e. The van der Waals surface area contributed by atoms with Crippen LogP contribution in [0.25, 0.3) is 12.2 Å². The molecule has 0 heterocycles. The third-order valence-corrected chi connectivity index (χ3v) is 5.64. The Hall–Kier alpha value is -2.35. The Bertz CT molecular complexity index is 788. The summed E-state index contributed by atoms with van der Waals surface area (Å²) in [6.07, 6.45) is 5.57. The fraction of sp³-hybridized carbons (Fsp3) is 0.360. The summed E-state index contributed by atoms with van der Waals surface area (Å²) in [5.74, 6) is 0. The van der Waals surface area contributed by atoms with Crippen molar-refractivity contribution in [2.45, 2.75) is 33.8 Å². The molecule has 0 aliphatic carbocycles. The van der Waals surface area contributed by atoms with E-state index in [1.54, 1.807) is 24.3 Å². The molecule has 2 rings (SSSR count). The fourth-order valence-corrected chi connectivity index (χ4v) is 3.80. The zero-order valence-corrected chi connectivity index (χ0v) is 20.0. The predicted octanol–water partition coefficient (Wildman–Crippen LogP) is 2.39. The minimum atomic E-state index is -4.56. The van der Waals surface area contributed by atoms with Gasteiger partial charge in [-0.05, 0) is 75.2 Å². The van der Waals surface area contributed by atoms with Crippen molar-refractivity contribution in [1.29, 1.82) is 0 Å². The Labute approximate surface area is 193 Å². The monoisotopic (exact) mass is 460 g/mol. The molecule has 174 valence electrons. The highest BCUT2D eigenvalue weighted by molar-refractivity contribution is 5.59. The molecule has 0 atom stereocenters. The molecule has 0 N–H and O–H groups in total. The maximum atomic E-state index is 11.2. The van der Waals surface area contributed by atoms with Crippen molar-refractivity contribution in [1.82, 2.24) is 0 Å². The summed E-state index contributed by atoms with van der Waals surface area (Å²) in [5.41, 5.74) is 4.00. The maximum absolute atomic E-state index is 11.2. The molecule has 2 aromatic carbocycles. The zero-order valence-electron chi connectivity index (χ0n) is 19.2. The van der Waals surface area contributed by atoms with Gasteiger partial charge in [0.25, 0.3) is 6.10 Å². The van der Waals surface area contributed by atoms with E-state index in [-0.39, 0.29) is 0 Å². The summed E-state index contributed by atoms with van der Waals surface area (Å²) in [4.78, 5) is 4.47. The summed E-state index contributed by atoms with van der Waals surface area (Å²) >= 11 is 0. The Balaban J connectivity index is 2.14. The first kappa shape index (κ1) is 25.9. The van der Waals surface area contributed by atoms with Crippen molar-refractivity contribution in [3.05, 3.63) is 71.8 Å². The van der Waals surface area contributed by atoms with Gasteiger partial charge in [0.1, 0.15) is 0 Å². The van der Waals surface area contributed by atoms with E-state index in [9.17, 15) is 14.0 Å². The zero-order chi connectivity index (χ0) is 23.6. The first-order valence-electron chi connectivity index (χ1n) is 10.9. The van der Waals surface area contributed by atoms with Crippen LogP contribution in [0.15, 0.2) is 60.7 Å². The second-order valence-electron chi connectivity index (χ2n) is 7.18. The summed E-state index contributed by atoms with van der Waals surface area (Å²) < 4.78 is 38.1. The first-order chi connectivity index (χ1) is 15.3. The lowest BCUT2D eigenvalue weighted by Crippen LogP contribution is -2.62. The minimum absolute atomic E-state index is 0.881. The van der Waals surface area contributed by atoms with Crippen molar-refractivity contribution < 1.29 is 28.5 Å². The number of nitrogens with zero attached hydrogens (tertiary/aromatic N) is 2. The van der Waals surface area contributed by atoms with Gasteiger partial charge in [-0.15, -0.1) is 0 Å². The standard InChI is InChI=1S/C25H33ClN2O4/c1-5-27(6-2)23-15-9-21(10-16-23)13-19-25(32-26(29,30)31)20-14-22-11-17-24(18-12-22)28(7-3)8-4/h9-20,25H,5-8H2,1-4H3. The van der Waals surface area contributed by atoms with E-state index in [0.29, 0.717) is 0 Å². The van der Waals surface area contributed by atoms with Crippen LogP contribution in [0.4, 0.5) is 11.4 Å². The lowest BCUT2D eigenvalue weighted by Gasteiger charge is -2.21. The van der Waals surface area contributed by atoms with E-state index in [1.165, 1.54) is 0 Å². The molecule has 0 radical (unpaired) electrons. The van der Waals surface area contributed by atoms with Crippen LogP contribution >= 0.6 is 0 Å². The number of anilines is 2. The van der Waals surface area contributed by atoms with Crippen LogP contribution in [0.3, 0.4) is 0 Å². The van der Waals surface area contributed by atoms with E-state index in [0.717, 1.165) is 48.7 Å². The van der Waals surface area contributed by atoms with Crippen LogP contribution in [0.2, 0.25) is 0 Å². The van der Waals surface area contributed by atoms with E-state index in [1.807, 2.05) is 48.5 Å². The molecule has 0 aliphatic rings. The Kier molecular flexibility index (Phi) is 10.2. The number of halogens is 1. The number of benzene rings is 2. The molecule has 0 unspecified atom stereocenters. The number of hydrogen-bond acceptors (Lipinski definition) is 6. The number of hydrogen-bond donors (Lipinski definition) is 0. The van der Waals surface area contributed by atoms with Crippen molar-refractivity contribution in [2.24, 2.45) is 0 Å². The molecule has 0 bridgehead atoms. The van der Waals surface area contributed by atoms with Crippen LogP contribution in [0.1, 0.15) is 38.8 Å². The highest BCUT2D eigenvalue weighted by Crippen LogP contribution is 2.18. The van der Waals surface area contributed by atoms with Crippen LogP contribution < -0.4 is 23.8 Å². The van der Waals surface area contributed by atoms with Gasteiger partial charge in [0.15, 0.2) is 0 Å². The van der Waals surface area contributed by atoms with E-state index >= 15 is 0 Å². The van der Waals surface area contributed by atoms with Crippen LogP contribution in [0.5, 0.6) is 0 Å². The first-order valence-corrected chi connectivity index (χ1v) is 12.2. The lowest BCUT2D eigenvalue weighted by molar-refractivity contribution is -1.92. The highest BCUT2D eigenvalue weighted by Gasteiger charge is 2.24. The number of rotatable bonds is 12. The van der Waals surface area contributed by atoms with Gasteiger partial charge in [0.05, 0.1) is 14.5 Å². The fourth-order valence-electron chi connectivity index (χ4n) is 3.43. The summed E-state index contributed by atoms with van der Waals surface area (Å²) in [7, 11) is -4.56. The molecule has 0 amide bonds. The van der Waals surface area contributed by atoms with E-state index < -0.39 is 16.3 Å². The molecule has 0 aliphatic heterocycles. The van der Waals surface area contributed by atoms with Gasteiger partial charge in [-0.25, -0.2) is 0 Å². The van der Waals surface area contributed by atoms with Gasteiger partial charge in [0, 0.05) is 37.6 Å². The van der Waals surface area contributed by atoms with Crippen LogP contribution in [0, 0.1) is 10.2 Å². The molecule has 2 aromatic rings. The molecule has 0 fully saturated rings. The average Bonchev–Trinajstić information content (AvgIpc) is 2.78. The van der Waals surface area contributed by atoms with Crippen molar-refractivity contribution in [3.63, 3.8) is 0 Å². The van der Waals surface area contributed by atoms with Crippen molar-refractivity contribution in [3.8, 4) is 0 Å². The molecule has 0 saturated heterocycles. The topological polar surface area (TPSA) is 84.9 Å². The Morgan fingerprint density at radius 2 is 1.03 bits per heavy atom. The van der Waals surface area contributed by atoms with Gasteiger partial charge < -0.3 is 9.80 Å². The van der Waals surface area contributed by atoms with Crippen LogP contribution in [-0.2, 0) is 4.29 Å². The van der Waals surface area contributed by atoms with E-state index in [2.05, 4.69) is 41.8 Å². The van der Waals surface area contributed by atoms with Gasteiger partial charge in [-0.1, -0.05) is 36.4 Å². The quantitative estimate of drug-likeness (QED) is 0.483. The van der Waals surface area contributed by atoms with E-state index in [4.69, 9.17) is 0 Å². The summed E-state index contributed by atoms with van der Waals surface area (Å²) in [6, 6.07) is 15.8. The van der Waals surface area contributed by atoms with Gasteiger partial charge in [-0.3, -0.25) is 0 Å². The Morgan fingerprint density at radius 1 is 0.688 bits per heavy atom. The van der Waals surface area contributed by atoms with Gasteiger partial charge in [0.2, 0.25) is 0 Å². The lowest BCUT2D eigenvalue weighted by atomic mass is 10.1. The largest absolute Gasteiger partial charge is 0.372 e. The smallest absolute Gasteiger partial charge is 0.251 e.